The molecule has 0 unspecified atom stereocenters. The molecule has 0 aliphatic heterocycles. The van der Waals surface area contributed by atoms with Crippen LogP contribution in [0.3, 0.4) is 0 Å². The zero-order valence-corrected chi connectivity index (χ0v) is 49.9. The summed E-state index contributed by atoms with van der Waals surface area (Å²) in [4.78, 5) is 192. The van der Waals surface area contributed by atoms with Crippen LogP contribution in [0.1, 0.15) is 110 Å². The number of carboxylic acid groups (broad SMARTS) is 3. The largest absolute Gasteiger partial charge is 0.508 e. The van der Waals surface area contributed by atoms with Crippen LogP contribution in [0.2, 0.25) is 0 Å². The van der Waals surface area contributed by atoms with Crippen LogP contribution in [0.15, 0.2) is 34.3 Å². The maximum Gasteiger partial charge on any atom is 0.326 e. The molecule has 1 aromatic rings. The van der Waals surface area contributed by atoms with Crippen molar-refractivity contribution in [2.24, 2.45) is 62.0 Å². The van der Waals surface area contributed by atoms with Gasteiger partial charge in [-0.1, -0.05) is 46.2 Å². The number of carbonyl (C=O) groups is 14. The van der Waals surface area contributed by atoms with E-state index in [1.165, 1.54) is 24.3 Å². The van der Waals surface area contributed by atoms with Crippen LogP contribution in [-0.4, -0.2) is 189 Å². The highest BCUT2D eigenvalue weighted by molar-refractivity contribution is 6.00. The smallest absolute Gasteiger partial charge is 0.326 e. The Balaban J connectivity index is 3.85. The average Bonchev–Trinajstić information content (AvgIpc) is 3.55. The van der Waals surface area contributed by atoms with Crippen molar-refractivity contribution in [2.75, 3.05) is 19.6 Å². The molecule has 10 atom stereocenters. The highest BCUT2D eigenvalue weighted by atomic mass is 16.4. The van der Waals surface area contributed by atoms with Crippen molar-refractivity contribution in [3.05, 3.63) is 29.8 Å². The van der Waals surface area contributed by atoms with Gasteiger partial charge in [-0.05, 0) is 74.5 Å². The van der Waals surface area contributed by atoms with Crippen molar-refractivity contribution < 1.29 is 87.5 Å². The van der Waals surface area contributed by atoms with E-state index in [9.17, 15) is 82.4 Å². The first-order valence-electron chi connectivity index (χ1n) is 28.2. The van der Waals surface area contributed by atoms with Gasteiger partial charge in [0.25, 0.3) is 0 Å². The molecule has 36 heteroatoms. The number of carbonyl (C=O) groups excluding carboxylic acids is 11. The Morgan fingerprint density at radius 3 is 1.26 bits per heavy atom. The van der Waals surface area contributed by atoms with Crippen LogP contribution in [-0.2, 0) is 73.5 Å². The summed E-state index contributed by atoms with van der Waals surface area (Å²) >= 11 is 0. The predicted octanol–water partition coefficient (Wildman–Crippen LogP) is -6.98. The molecule has 0 saturated carbocycles. The van der Waals surface area contributed by atoms with Gasteiger partial charge in [-0.2, -0.15) is 0 Å². The number of carboxylic acids is 3. The van der Waals surface area contributed by atoms with Crippen molar-refractivity contribution in [3.8, 4) is 5.75 Å². The normalized spacial score (nSPS) is 14.2. The third-order valence-corrected chi connectivity index (χ3v) is 13.1. The van der Waals surface area contributed by atoms with Crippen LogP contribution in [0.5, 0.6) is 5.75 Å². The lowest BCUT2D eigenvalue weighted by molar-refractivity contribution is -0.143. The third kappa shape index (κ3) is 31.4. The summed E-state index contributed by atoms with van der Waals surface area (Å²) in [5.41, 5.74) is 38.6. The van der Waals surface area contributed by atoms with Crippen molar-refractivity contribution in [3.63, 3.8) is 0 Å². The fourth-order valence-corrected chi connectivity index (χ4v) is 8.31. The molecular weight excluding hydrogens is 1180 g/mol. The SMILES string of the molecule is CC[C@H](C)[C@H](NC(=O)[C@H](CCC(=O)O)NC(=O)CN)C(=O)N[C@@H](CC(N)=O)C(=O)N[C@@H](CCCN=C(N)N)C(=O)N[C@@H](Cc1ccc(O)cc1)C(=O)N[C@@H](CC(C)C)C(=O)N[C@@H](CCCN=C(N)N)C(=O)N[C@@H](CC(N)=O)C(=O)N[C@@H](CCC(=O)O)C(=O)O. The molecule has 0 saturated heterocycles. The number of nitrogens with two attached hydrogens (primary N) is 7. The van der Waals surface area contributed by atoms with Gasteiger partial charge in [0.05, 0.1) is 19.4 Å². The summed E-state index contributed by atoms with van der Waals surface area (Å²) in [5.74, 6) is -18.1. The zero-order chi connectivity index (χ0) is 67.7. The van der Waals surface area contributed by atoms with Gasteiger partial charge in [-0.3, -0.25) is 72.3 Å². The highest BCUT2D eigenvalue weighted by Crippen LogP contribution is 2.16. The number of rotatable bonds is 43. The van der Waals surface area contributed by atoms with E-state index in [1.807, 2.05) is 0 Å². The molecule has 0 aliphatic carbocycles. The maximum absolute atomic E-state index is 14.7. The number of aliphatic carboxylic acids is 3. The number of hydrogen-bond acceptors (Lipinski definition) is 18. The van der Waals surface area contributed by atoms with E-state index in [0.717, 1.165) is 0 Å². The molecule has 0 aliphatic rings. The average molecular weight is 1260 g/mol. The second kappa shape index (κ2) is 39.7. The minimum absolute atomic E-state index is 0.0207. The molecule has 0 aromatic heterocycles. The Labute approximate surface area is 511 Å². The number of aromatic hydroxyl groups is 1. The molecule has 89 heavy (non-hydrogen) atoms. The number of nitrogens with zero attached hydrogens (tertiary/aromatic N) is 2. The van der Waals surface area contributed by atoms with Crippen molar-refractivity contribution in [2.45, 2.75) is 166 Å². The summed E-state index contributed by atoms with van der Waals surface area (Å²) in [7, 11) is 0. The Hall–Kier alpha value is -9.90. The molecule has 1 rings (SSSR count). The van der Waals surface area contributed by atoms with E-state index in [-0.39, 0.29) is 75.7 Å². The van der Waals surface area contributed by atoms with Gasteiger partial charge in [0.1, 0.15) is 60.1 Å². The first-order chi connectivity index (χ1) is 41.7. The first-order valence-corrected chi connectivity index (χ1v) is 28.2. The monoisotopic (exact) mass is 1260 g/mol. The lowest BCUT2D eigenvalue weighted by atomic mass is 9.96. The molecule has 496 valence electrons. The third-order valence-electron chi connectivity index (χ3n) is 13.1. The van der Waals surface area contributed by atoms with Crippen LogP contribution < -0.4 is 88.0 Å². The number of primary amides is 2. The fraction of sp³-hybridized carbons (Fsp3) is 0.585. The maximum atomic E-state index is 14.7. The Morgan fingerprint density at radius 1 is 0.472 bits per heavy atom. The van der Waals surface area contributed by atoms with Gasteiger partial charge >= 0.3 is 17.9 Å². The van der Waals surface area contributed by atoms with Crippen molar-refractivity contribution in [1.82, 2.24) is 47.9 Å². The summed E-state index contributed by atoms with van der Waals surface area (Å²) in [6.45, 7) is 5.75. The van der Waals surface area contributed by atoms with E-state index in [4.69, 9.17) is 45.2 Å². The summed E-state index contributed by atoms with van der Waals surface area (Å²) in [6, 6.07) is -9.59. The molecule has 1 aromatic carbocycles. The lowest BCUT2D eigenvalue weighted by Crippen LogP contribution is -2.61. The topological polar surface area (TPSA) is 635 Å². The number of phenolic OH excluding ortho intramolecular Hbond substituents is 1. The first kappa shape index (κ1) is 77.1. The van der Waals surface area contributed by atoms with Crippen molar-refractivity contribution >= 4 is 94.8 Å². The minimum atomic E-state index is -1.87. The molecule has 0 spiro atoms. The van der Waals surface area contributed by atoms with E-state index in [0.29, 0.717) is 5.56 Å². The minimum Gasteiger partial charge on any atom is -0.508 e. The van der Waals surface area contributed by atoms with Crippen LogP contribution in [0.4, 0.5) is 0 Å². The van der Waals surface area contributed by atoms with Gasteiger partial charge in [-0.15, -0.1) is 0 Å². The Bertz CT molecular complexity index is 2700. The Morgan fingerprint density at radius 2 is 0.843 bits per heavy atom. The summed E-state index contributed by atoms with van der Waals surface area (Å²) in [6.07, 6.45) is -4.97. The second-order valence-corrected chi connectivity index (χ2v) is 21.1. The molecule has 0 bridgehead atoms. The molecular formula is C53H86N18O18. The van der Waals surface area contributed by atoms with Gasteiger partial charge < -0.3 is 108 Å². The van der Waals surface area contributed by atoms with Gasteiger partial charge in [0.2, 0.25) is 65.0 Å². The summed E-state index contributed by atoms with van der Waals surface area (Å²) < 4.78 is 0. The summed E-state index contributed by atoms with van der Waals surface area (Å²) in [5, 5.41) is 59.6. The molecule has 0 heterocycles. The van der Waals surface area contributed by atoms with Crippen LogP contribution >= 0.6 is 0 Å². The number of guanidine groups is 2. The van der Waals surface area contributed by atoms with Crippen LogP contribution in [0, 0.1) is 11.8 Å². The second-order valence-electron chi connectivity index (χ2n) is 21.1. The fourth-order valence-electron chi connectivity index (χ4n) is 8.31. The number of nitrogens with one attached hydrogen (secondary N) is 9. The predicted molar refractivity (Wildman–Crippen MR) is 316 cm³/mol. The number of hydrogen-bond donors (Lipinski definition) is 20. The van der Waals surface area contributed by atoms with Gasteiger partial charge in [-0.25, -0.2) is 4.79 Å². The van der Waals surface area contributed by atoms with E-state index < -0.39 is 194 Å². The van der Waals surface area contributed by atoms with Gasteiger partial charge in [0.15, 0.2) is 11.9 Å². The lowest BCUT2D eigenvalue weighted by Gasteiger charge is -2.29. The zero-order valence-electron chi connectivity index (χ0n) is 49.9. The molecule has 0 fully saturated rings. The standard InChI is InChI=1S/C53H86N18O18/c1-5-26(4)42(71-45(82)31(14-16-40(76)77)63-39(75)24-54)50(87)70-36(23-38(56)74)48(85)65-29(8-6-18-61-52(57)58)43(80)68-34(21-27-10-12-28(72)13-11-27)47(84)67-33(20-25(2)3)46(83)64-30(9-7-19-62-53(59)60)44(81)69-35(22-37(55)73)49(86)66-32(51(88)89)15-17-41(78)79/h10-13,25-26,29-36,42,72H,5-9,14-24,54H2,1-4H3,(H2,55,73)(H2,56,74)(H,63,75)(H,64,83)(H,65,85)(H,66,86)(H,67,84)(H,68,80)(H,69,81)(H,70,87)(H,71,82)(H,76,77)(H,78,79)(H,88,89)(H4,57,58,61)(H4,59,60,62)/t26-,29-,30-,31-,32-,33-,34-,35-,36-,42-/m0/s1. The molecule has 27 N–H and O–H groups in total. The Kier molecular flexibility index (Phi) is 34.4. The van der Waals surface area contributed by atoms with E-state index in [2.05, 4.69) is 57.8 Å². The van der Waals surface area contributed by atoms with E-state index in [1.54, 1.807) is 27.7 Å². The van der Waals surface area contributed by atoms with E-state index >= 15 is 0 Å². The van der Waals surface area contributed by atoms with Crippen molar-refractivity contribution in [1.29, 1.82) is 0 Å². The van der Waals surface area contributed by atoms with Gasteiger partial charge in [0, 0.05) is 32.4 Å². The number of amides is 11. The number of benzene rings is 1. The van der Waals surface area contributed by atoms with Crippen LogP contribution in [0.25, 0.3) is 0 Å². The quantitative estimate of drug-likeness (QED) is 0.0164. The molecule has 36 nitrogen and oxygen atoms in total. The number of phenols is 1. The molecule has 0 radical (unpaired) electrons. The highest BCUT2D eigenvalue weighted by Gasteiger charge is 2.37. The molecule has 11 amide bonds. The number of aliphatic imine (C=N–C) groups is 2.